The molecule has 0 radical (unpaired) electrons. The van der Waals surface area contributed by atoms with Gasteiger partial charge in [-0.1, -0.05) is 80.9 Å². The molecule has 0 saturated carbocycles. The first-order chi connectivity index (χ1) is 26.0. The van der Waals surface area contributed by atoms with Gasteiger partial charge >= 0.3 is 12.1 Å². The van der Waals surface area contributed by atoms with Crippen LogP contribution in [0.5, 0.6) is 0 Å². The van der Waals surface area contributed by atoms with Crippen LogP contribution in [0.1, 0.15) is 65.5 Å². The van der Waals surface area contributed by atoms with Gasteiger partial charge in [-0.2, -0.15) is 11.8 Å². The van der Waals surface area contributed by atoms with Crippen LogP contribution in [0.25, 0.3) is 0 Å². The van der Waals surface area contributed by atoms with Gasteiger partial charge in [0.25, 0.3) is 0 Å². The number of ether oxygens (including phenoxy) is 2. The average Bonchev–Trinajstić information content (AvgIpc) is 3.14. The molecule has 0 aliphatic carbocycles. The fraction of sp³-hybridized carbons (Fsp3) is 0.538. The van der Waals surface area contributed by atoms with Gasteiger partial charge in [0.15, 0.2) is 6.04 Å². The monoisotopic (exact) mass is 787 g/mol. The molecule has 7 atom stereocenters. The van der Waals surface area contributed by atoms with Crippen LogP contribution in [0.2, 0.25) is 0 Å². The summed E-state index contributed by atoms with van der Waals surface area (Å²) < 4.78 is 10.7. The molecule has 0 unspecified atom stereocenters. The second-order valence-electron chi connectivity index (χ2n) is 14.2. The number of alkyl carbamates (subject to hydrolysis) is 1. The highest BCUT2D eigenvalue weighted by molar-refractivity contribution is 7.98. The van der Waals surface area contributed by atoms with E-state index in [1.807, 2.05) is 13.2 Å². The molecular weight excluding hydrogens is 731 g/mol. The number of rotatable bonds is 21. The number of aliphatic hydroxyl groups is 2. The molecule has 0 heterocycles. The third-order valence-electron chi connectivity index (χ3n) is 8.40. The van der Waals surface area contributed by atoms with Crippen LogP contribution in [-0.2, 0) is 46.5 Å². The topological polar surface area (TPSA) is 221 Å². The molecule has 16 heteroatoms. The van der Waals surface area contributed by atoms with E-state index in [4.69, 9.17) is 9.47 Å². The van der Waals surface area contributed by atoms with Gasteiger partial charge in [0, 0.05) is 6.42 Å². The van der Waals surface area contributed by atoms with Gasteiger partial charge in [-0.25, -0.2) is 9.59 Å². The molecule has 0 aliphatic rings. The Morgan fingerprint density at radius 1 is 0.727 bits per heavy atom. The number of esters is 1. The number of nitrogens with one attached hydrogen (secondary N) is 5. The van der Waals surface area contributed by atoms with Crippen molar-refractivity contribution in [2.75, 3.05) is 18.6 Å². The maximum atomic E-state index is 13.7. The smallest absolute Gasteiger partial charge is 0.408 e. The van der Waals surface area contributed by atoms with E-state index in [1.165, 1.54) is 18.7 Å². The van der Waals surface area contributed by atoms with Crippen molar-refractivity contribution >= 4 is 47.5 Å². The minimum absolute atomic E-state index is 0.0519. The number of aliphatic hydroxyl groups excluding tert-OH is 2. The van der Waals surface area contributed by atoms with E-state index in [-0.39, 0.29) is 19.4 Å². The summed E-state index contributed by atoms with van der Waals surface area (Å²) in [5.74, 6) is -3.99. The Balaban J connectivity index is 2.25. The Morgan fingerprint density at radius 2 is 1.25 bits per heavy atom. The first-order valence-electron chi connectivity index (χ1n) is 18.2. The van der Waals surface area contributed by atoms with Crippen LogP contribution < -0.4 is 26.6 Å². The number of carbonyl (C=O) groups excluding carboxylic acids is 6. The molecule has 15 nitrogen and oxygen atoms in total. The van der Waals surface area contributed by atoms with Crippen molar-refractivity contribution in [2.24, 2.45) is 5.92 Å². The third-order valence-corrected chi connectivity index (χ3v) is 9.04. The van der Waals surface area contributed by atoms with Crippen LogP contribution >= 0.6 is 11.8 Å². The lowest BCUT2D eigenvalue weighted by molar-refractivity contribution is -0.152. The molecule has 7 N–H and O–H groups in total. The van der Waals surface area contributed by atoms with Crippen LogP contribution in [-0.4, -0.2) is 106 Å². The van der Waals surface area contributed by atoms with E-state index >= 15 is 0 Å². The first kappa shape index (κ1) is 46.5. The zero-order valence-electron chi connectivity index (χ0n) is 32.6. The van der Waals surface area contributed by atoms with Gasteiger partial charge in [-0.15, -0.1) is 0 Å². The lowest BCUT2D eigenvalue weighted by Crippen LogP contribution is -2.61. The minimum atomic E-state index is -1.56. The SMILES string of the molecule is CC[C@H](C)[C@H](NC(=O)[C@@H](CCSC)NC(=O)OC(C)(C)C)C(=O)N[C@@H](CO)C(=O)N[C@@H](Cc1ccccc1)C(=O)N[C@H](C(=O)OCc1ccccc1)[C@@H](C)O. The number of benzene rings is 2. The molecule has 55 heavy (non-hydrogen) atoms. The fourth-order valence-corrected chi connectivity index (χ4v) is 5.62. The summed E-state index contributed by atoms with van der Waals surface area (Å²) in [7, 11) is 0. The van der Waals surface area contributed by atoms with Crippen molar-refractivity contribution in [3.05, 3.63) is 71.8 Å². The molecule has 304 valence electrons. The van der Waals surface area contributed by atoms with E-state index in [0.717, 1.165) is 0 Å². The second-order valence-corrected chi connectivity index (χ2v) is 15.2. The van der Waals surface area contributed by atoms with Gasteiger partial charge in [0.2, 0.25) is 23.6 Å². The molecule has 0 bridgehead atoms. The Morgan fingerprint density at radius 3 is 1.78 bits per heavy atom. The van der Waals surface area contributed by atoms with Crippen molar-refractivity contribution in [3.8, 4) is 0 Å². The van der Waals surface area contributed by atoms with Gasteiger partial charge in [-0.3, -0.25) is 19.2 Å². The number of thioether (sulfide) groups is 1. The van der Waals surface area contributed by atoms with E-state index in [2.05, 4.69) is 26.6 Å². The molecule has 0 saturated heterocycles. The Hall–Kier alpha value is -4.67. The van der Waals surface area contributed by atoms with Crippen molar-refractivity contribution in [3.63, 3.8) is 0 Å². The highest BCUT2D eigenvalue weighted by atomic mass is 32.2. The maximum absolute atomic E-state index is 13.7. The van der Waals surface area contributed by atoms with Crippen molar-refractivity contribution < 1.29 is 48.5 Å². The van der Waals surface area contributed by atoms with Crippen molar-refractivity contribution in [2.45, 2.75) is 109 Å². The molecule has 2 rings (SSSR count). The summed E-state index contributed by atoms with van der Waals surface area (Å²) >= 11 is 1.46. The summed E-state index contributed by atoms with van der Waals surface area (Å²) in [6, 6.07) is 11.0. The number of amides is 5. The Labute approximate surface area is 327 Å². The van der Waals surface area contributed by atoms with Crippen molar-refractivity contribution in [1.29, 1.82) is 0 Å². The molecule has 0 fully saturated rings. The molecule has 2 aromatic carbocycles. The van der Waals surface area contributed by atoms with Crippen molar-refractivity contribution in [1.82, 2.24) is 26.6 Å². The Kier molecular flexibility index (Phi) is 19.7. The predicted octanol–water partition coefficient (Wildman–Crippen LogP) is 1.98. The molecule has 2 aromatic rings. The highest BCUT2D eigenvalue weighted by Gasteiger charge is 2.35. The lowest BCUT2D eigenvalue weighted by Gasteiger charge is -2.29. The van der Waals surface area contributed by atoms with E-state index in [9.17, 15) is 39.0 Å². The van der Waals surface area contributed by atoms with Crippen LogP contribution in [0.15, 0.2) is 60.7 Å². The quantitative estimate of drug-likeness (QED) is 0.0907. The van der Waals surface area contributed by atoms with Crippen LogP contribution in [0.4, 0.5) is 4.79 Å². The molecular formula is C39H57N5O10S. The highest BCUT2D eigenvalue weighted by Crippen LogP contribution is 2.13. The van der Waals surface area contributed by atoms with Gasteiger partial charge < -0.3 is 46.3 Å². The maximum Gasteiger partial charge on any atom is 0.408 e. The lowest BCUT2D eigenvalue weighted by atomic mass is 9.97. The second kappa shape index (κ2) is 23.3. The molecule has 0 aliphatic heterocycles. The number of hydrogen-bond donors (Lipinski definition) is 7. The largest absolute Gasteiger partial charge is 0.459 e. The average molecular weight is 788 g/mol. The zero-order chi connectivity index (χ0) is 41.1. The molecule has 5 amide bonds. The van der Waals surface area contributed by atoms with E-state index in [0.29, 0.717) is 23.3 Å². The zero-order valence-corrected chi connectivity index (χ0v) is 33.4. The van der Waals surface area contributed by atoms with Gasteiger partial charge in [0.1, 0.15) is 36.4 Å². The summed E-state index contributed by atoms with van der Waals surface area (Å²) in [5.41, 5.74) is 0.529. The molecule has 0 aromatic heterocycles. The predicted molar refractivity (Wildman–Crippen MR) is 208 cm³/mol. The van der Waals surface area contributed by atoms with E-state index in [1.54, 1.807) is 88.4 Å². The summed E-state index contributed by atoms with van der Waals surface area (Å²) in [6.07, 6.45) is 0.322. The minimum Gasteiger partial charge on any atom is -0.459 e. The molecule has 0 spiro atoms. The standard InChI is InChI=1S/C39H57N5O10S/c1-8-24(2)31(43-33(47)28(19-20-55-7)42-38(52)54-39(4,5)6)36(50)41-30(22-45)35(49)40-29(21-26-15-11-9-12-16-26)34(48)44-32(25(3)46)37(51)53-23-27-17-13-10-14-18-27/h9-18,24-25,28-32,45-46H,8,19-23H2,1-7H3,(H,40,49)(H,41,50)(H,42,52)(H,43,47)(H,44,48)/t24-,25+,28+,29-,30-,31-,32-/m0/s1. The summed E-state index contributed by atoms with van der Waals surface area (Å²) in [6.45, 7) is 8.94. The summed E-state index contributed by atoms with van der Waals surface area (Å²) in [4.78, 5) is 79.9. The Bertz CT molecular complexity index is 1540. The number of hydrogen-bond acceptors (Lipinski definition) is 11. The summed E-state index contributed by atoms with van der Waals surface area (Å²) in [5, 5.41) is 33.4. The fourth-order valence-electron chi connectivity index (χ4n) is 5.15. The normalized spacial score (nSPS) is 15.1. The first-order valence-corrected chi connectivity index (χ1v) is 19.6. The number of carbonyl (C=O) groups is 6. The van der Waals surface area contributed by atoms with Gasteiger partial charge in [-0.05, 0) is 63.2 Å². The third kappa shape index (κ3) is 16.7. The van der Waals surface area contributed by atoms with Gasteiger partial charge in [0.05, 0.1) is 12.7 Å². The van der Waals surface area contributed by atoms with Crippen LogP contribution in [0.3, 0.4) is 0 Å². The van der Waals surface area contributed by atoms with E-state index < -0.39 is 90.1 Å². The van der Waals surface area contributed by atoms with Crippen LogP contribution in [0, 0.1) is 5.92 Å².